The summed E-state index contributed by atoms with van der Waals surface area (Å²) in [5.74, 6) is 0. The minimum absolute atomic E-state index is 0. The van der Waals surface area contributed by atoms with Crippen LogP contribution in [-0.2, 0) is 6.54 Å². The Labute approximate surface area is 78.6 Å². The van der Waals surface area contributed by atoms with Gasteiger partial charge < -0.3 is 5.48 Å². The Kier molecular flexibility index (Phi) is 5.49. The molecule has 70 valence electrons. The molecule has 1 rings (SSSR count). The zero-order valence-corrected chi connectivity index (χ0v) is 7.77. The van der Waals surface area contributed by atoms with Gasteiger partial charge in [-0.15, -0.1) is 0 Å². The SMILES string of the molecule is CCCC[n+]1ccc(C#N)cc1.[OH-]. The summed E-state index contributed by atoms with van der Waals surface area (Å²) in [6, 6.07) is 5.78. The number of nitrogens with zero attached hydrogens (tertiary/aromatic N) is 2. The molecule has 0 aromatic carbocycles. The minimum Gasteiger partial charge on any atom is -0.870 e. The predicted molar refractivity (Wildman–Crippen MR) is 48.2 cm³/mol. The fraction of sp³-hybridized carbons (Fsp3) is 0.400. The van der Waals surface area contributed by atoms with Gasteiger partial charge in [0.2, 0.25) is 0 Å². The van der Waals surface area contributed by atoms with Crippen LogP contribution in [0.25, 0.3) is 0 Å². The van der Waals surface area contributed by atoms with Gasteiger partial charge in [0.05, 0.1) is 11.6 Å². The standard InChI is InChI=1S/C10H13N2.H2O/c1-2-3-6-12-7-4-10(9-11)5-8-12;/h4-5,7-8H,2-3,6H2,1H3;1H2/q+1;/p-1. The summed E-state index contributed by atoms with van der Waals surface area (Å²) in [6.45, 7) is 3.21. The van der Waals surface area contributed by atoms with Crippen LogP contribution in [-0.4, -0.2) is 5.48 Å². The number of pyridine rings is 1. The smallest absolute Gasteiger partial charge is 0.170 e. The number of unbranched alkanes of at least 4 members (excludes halogenated alkanes) is 1. The molecule has 13 heavy (non-hydrogen) atoms. The highest BCUT2D eigenvalue weighted by atomic mass is 16.0. The second kappa shape index (κ2) is 6.15. The molecular formula is C10H14N2O. The summed E-state index contributed by atoms with van der Waals surface area (Å²) in [5.41, 5.74) is 0.725. The van der Waals surface area contributed by atoms with Gasteiger partial charge in [-0.2, -0.15) is 5.26 Å². The molecule has 3 heteroatoms. The molecule has 0 atom stereocenters. The molecule has 0 bridgehead atoms. The van der Waals surface area contributed by atoms with Crippen LogP contribution >= 0.6 is 0 Å². The van der Waals surface area contributed by atoms with Crippen molar-refractivity contribution in [2.24, 2.45) is 0 Å². The third kappa shape index (κ3) is 3.68. The lowest BCUT2D eigenvalue weighted by Crippen LogP contribution is -2.32. The summed E-state index contributed by atoms with van der Waals surface area (Å²) in [4.78, 5) is 0. The van der Waals surface area contributed by atoms with Crippen LogP contribution in [0.2, 0.25) is 0 Å². The van der Waals surface area contributed by atoms with Crippen LogP contribution in [0.4, 0.5) is 0 Å². The van der Waals surface area contributed by atoms with Crippen molar-refractivity contribution in [3.8, 4) is 6.07 Å². The van der Waals surface area contributed by atoms with Gasteiger partial charge in [0.15, 0.2) is 12.4 Å². The lowest BCUT2D eigenvalue weighted by atomic mass is 10.3. The Morgan fingerprint density at radius 1 is 1.38 bits per heavy atom. The van der Waals surface area contributed by atoms with E-state index in [4.69, 9.17) is 5.26 Å². The Morgan fingerprint density at radius 2 is 2.00 bits per heavy atom. The summed E-state index contributed by atoms with van der Waals surface area (Å²) < 4.78 is 2.10. The van der Waals surface area contributed by atoms with Crippen molar-refractivity contribution in [2.75, 3.05) is 0 Å². The molecule has 0 unspecified atom stereocenters. The maximum atomic E-state index is 8.55. The van der Waals surface area contributed by atoms with E-state index in [9.17, 15) is 0 Å². The molecule has 0 aliphatic rings. The molecule has 1 aromatic heterocycles. The fourth-order valence-corrected chi connectivity index (χ4v) is 1.02. The zero-order valence-electron chi connectivity index (χ0n) is 7.77. The summed E-state index contributed by atoms with van der Waals surface area (Å²) >= 11 is 0. The summed E-state index contributed by atoms with van der Waals surface area (Å²) in [5, 5.41) is 8.55. The van der Waals surface area contributed by atoms with E-state index in [-0.39, 0.29) is 5.48 Å². The number of hydrogen-bond acceptors (Lipinski definition) is 2. The fourth-order valence-electron chi connectivity index (χ4n) is 1.02. The van der Waals surface area contributed by atoms with Crippen LogP contribution in [0.5, 0.6) is 0 Å². The van der Waals surface area contributed by atoms with E-state index in [1.807, 2.05) is 24.5 Å². The van der Waals surface area contributed by atoms with Crippen molar-refractivity contribution in [3.05, 3.63) is 30.1 Å². The van der Waals surface area contributed by atoms with Gasteiger partial charge in [-0.05, 0) is 0 Å². The molecule has 3 nitrogen and oxygen atoms in total. The highest BCUT2D eigenvalue weighted by molar-refractivity contribution is 5.23. The molecule has 0 saturated carbocycles. The largest absolute Gasteiger partial charge is 0.870 e. The lowest BCUT2D eigenvalue weighted by Gasteiger charge is -1.93. The van der Waals surface area contributed by atoms with E-state index in [2.05, 4.69) is 17.6 Å². The van der Waals surface area contributed by atoms with Crippen LogP contribution in [0.1, 0.15) is 25.3 Å². The first kappa shape index (κ1) is 11.6. The highest BCUT2D eigenvalue weighted by Crippen LogP contribution is 1.92. The Hall–Kier alpha value is -1.40. The van der Waals surface area contributed by atoms with Crippen LogP contribution in [0.15, 0.2) is 24.5 Å². The van der Waals surface area contributed by atoms with Gasteiger partial charge in [-0.1, -0.05) is 13.3 Å². The topological polar surface area (TPSA) is 57.7 Å². The normalized spacial score (nSPS) is 8.62. The molecule has 1 aromatic rings. The highest BCUT2D eigenvalue weighted by Gasteiger charge is 1.98. The molecular weight excluding hydrogens is 164 g/mol. The van der Waals surface area contributed by atoms with E-state index in [0.29, 0.717) is 0 Å². The first-order valence-corrected chi connectivity index (χ1v) is 4.26. The second-order valence-electron chi connectivity index (χ2n) is 2.79. The molecule has 0 amide bonds. The second-order valence-corrected chi connectivity index (χ2v) is 2.79. The zero-order chi connectivity index (χ0) is 8.81. The van der Waals surface area contributed by atoms with E-state index in [0.717, 1.165) is 12.1 Å². The Bertz CT molecular complexity index is 274. The van der Waals surface area contributed by atoms with Gasteiger partial charge in [0.1, 0.15) is 6.54 Å². The predicted octanol–water partition coefficient (Wildman–Crippen LogP) is 1.47. The maximum Gasteiger partial charge on any atom is 0.170 e. The first-order valence-electron chi connectivity index (χ1n) is 4.26. The number of aromatic nitrogens is 1. The lowest BCUT2D eigenvalue weighted by molar-refractivity contribution is -0.697. The molecule has 0 saturated heterocycles. The third-order valence-electron chi connectivity index (χ3n) is 1.79. The first-order chi connectivity index (χ1) is 5.86. The van der Waals surface area contributed by atoms with Crippen molar-refractivity contribution >= 4 is 0 Å². The average Bonchev–Trinajstić information content (AvgIpc) is 2.15. The van der Waals surface area contributed by atoms with E-state index < -0.39 is 0 Å². The summed E-state index contributed by atoms with van der Waals surface area (Å²) in [6.07, 6.45) is 6.30. The Morgan fingerprint density at radius 3 is 2.46 bits per heavy atom. The van der Waals surface area contributed by atoms with E-state index in [1.54, 1.807) is 0 Å². The number of rotatable bonds is 3. The Balaban J connectivity index is 0.00000144. The number of nitriles is 1. The van der Waals surface area contributed by atoms with Gasteiger partial charge in [-0.25, -0.2) is 4.57 Å². The van der Waals surface area contributed by atoms with Crippen LogP contribution < -0.4 is 4.57 Å². The van der Waals surface area contributed by atoms with Crippen molar-refractivity contribution < 1.29 is 10.0 Å². The van der Waals surface area contributed by atoms with Gasteiger partial charge >= 0.3 is 0 Å². The van der Waals surface area contributed by atoms with Gasteiger partial charge in [-0.3, -0.25) is 0 Å². The van der Waals surface area contributed by atoms with Crippen LogP contribution in [0, 0.1) is 11.3 Å². The van der Waals surface area contributed by atoms with Gasteiger partial charge in [0.25, 0.3) is 0 Å². The van der Waals surface area contributed by atoms with Crippen molar-refractivity contribution in [1.82, 2.24) is 0 Å². The molecule has 1 N–H and O–H groups in total. The van der Waals surface area contributed by atoms with E-state index in [1.165, 1.54) is 12.8 Å². The quantitative estimate of drug-likeness (QED) is 0.658. The van der Waals surface area contributed by atoms with Crippen molar-refractivity contribution in [2.45, 2.75) is 26.3 Å². The van der Waals surface area contributed by atoms with Crippen LogP contribution in [0.3, 0.4) is 0 Å². The van der Waals surface area contributed by atoms with E-state index >= 15 is 0 Å². The molecule has 0 spiro atoms. The van der Waals surface area contributed by atoms with Crippen molar-refractivity contribution in [1.29, 1.82) is 5.26 Å². The maximum absolute atomic E-state index is 8.55. The number of aryl methyl sites for hydroxylation is 1. The molecule has 1 heterocycles. The van der Waals surface area contributed by atoms with Crippen molar-refractivity contribution in [3.63, 3.8) is 0 Å². The third-order valence-corrected chi connectivity index (χ3v) is 1.79. The van der Waals surface area contributed by atoms with Gasteiger partial charge in [0, 0.05) is 18.6 Å². The molecule has 0 fully saturated rings. The molecule has 0 aliphatic carbocycles. The summed E-state index contributed by atoms with van der Waals surface area (Å²) in [7, 11) is 0. The number of hydrogen-bond donors (Lipinski definition) is 0. The molecule has 0 aliphatic heterocycles. The average molecular weight is 178 g/mol. The molecule has 0 radical (unpaired) electrons. The minimum atomic E-state index is 0. The monoisotopic (exact) mass is 178 g/mol.